The van der Waals surface area contributed by atoms with Crippen molar-refractivity contribution >= 4 is 17.7 Å². The third-order valence-electron chi connectivity index (χ3n) is 4.76. The second kappa shape index (κ2) is 8.97. The predicted octanol–water partition coefficient (Wildman–Crippen LogP) is 3.73. The number of thioether (sulfide) groups is 1. The number of carbonyl (C=O) groups is 1. The molecule has 2 aromatic heterocycles. The highest BCUT2D eigenvalue weighted by atomic mass is 32.2. The van der Waals surface area contributed by atoms with Crippen LogP contribution in [0.5, 0.6) is 0 Å². The molecule has 7 nitrogen and oxygen atoms in total. The smallest absolute Gasteiger partial charge is 0.231 e. The molecule has 1 aromatic carbocycles. The predicted molar refractivity (Wildman–Crippen MR) is 111 cm³/mol. The molecule has 1 amide bonds. The van der Waals surface area contributed by atoms with Crippen molar-refractivity contribution in [2.75, 3.05) is 5.75 Å². The quantitative estimate of drug-likeness (QED) is 0.569. The molecular weight excluding hydrogens is 386 g/mol. The van der Waals surface area contributed by atoms with Crippen LogP contribution in [0.15, 0.2) is 58.3 Å². The Kier molecular flexibility index (Phi) is 6.39. The molecule has 0 bridgehead atoms. The number of nitrogens with zero attached hydrogens (tertiary/aromatic N) is 4. The summed E-state index contributed by atoms with van der Waals surface area (Å²) in [6, 6.07) is 15.8. The van der Waals surface area contributed by atoms with E-state index in [9.17, 15) is 10.1 Å². The fraction of sp³-hybridized carbons (Fsp3) is 0.333. The normalized spacial score (nSPS) is 13.1. The van der Waals surface area contributed by atoms with Crippen LogP contribution in [0.25, 0.3) is 11.6 Å². The van der Waals surface area contributed by atoms with Crippen molar-refractivity contribution in [3.8, 4) is 17.7 Å². The number of nitriles is 1. The Morgan fingerprint density at radius 3 is 2.66 bits per heavy atom. The zero-order valence-electron chi connectivity index (χ0n) is 16.6. The van der Waals surface area contributed by atoms with Crippen molar-refractivity contribution in [1.82, 2.24) is 20.1 Å². The van der Waals surface area contributed by atoms with Crippen LogP contribution in [0.2, 0.25) is 0 Å². The highest BCUT2D eigenvalue weighted by Gasteiger charge is 2.30. The molecule has 0 aliphatic carbocycles. The molecule has 3 rings (SSSR count). The maximum absolute atomic E-state index is 12.4. The summed E-state index contributed by atoms with van der Waals surface area (Å²) in [5, 5.41) is 21.4. The minimum absolute atomic E-state index is 0.00580. The molecule has 0 aliphatic heterocycles. The molecule has 1 atom stereocenters. The average Bonchev–Trinajstić information content (AvgIpc) is 3.37. The lowest BCUT2D eigenvalue weighted by atomic mass is 9.90. The lowest BCUT2D eigenvalue weighted by Crippen LogP contribution is -2.49. The fourth-order valence-electron chi connectivity index (χ4n) is 2.65. The van der Waals surface area contributed by atoms with Gasteiger partial charge in [-0.15, -0.1) is 10.2 Å². The van der Waals surface area contributed by atoms with Gasteiger partial charge in [-0.3, -0.25) is 9.36 Å². The number of nitrogens with one attached hydrogen (secondary N) is 1. The maximum Gasteiger partial charge on any atom is 0.231 e. The first-order valence-electron chi connectivity index (χ1n) is 9.29. The van der Waals surface area contributed by atoms with E-state index in [1.807, 2.05) is 54.8 Å². The van der Waals surface area contributed by atoms with Crippen LogP contribution in [0.1, 0.15) is 26.3 Å². The maximum atomic E-state index is 12.4. The highest BCUT2D eigenvalue weighted by Crippen LogP contribution is 2.26. The number of carbonyl (C=O) groups excluding carboxylic acids is 1. The Bertz CT molecular complexity index is 992. The van der Waals surface area contributed by atoms with Crippen molar-refractivity contribution in [3.05, 3.63) is 54.3 Å². The van der Waals surface area contributed by atoms with E-state index in [-0.39, 0.29) is 17.6 Å². The molecule has 150 valence electrons. The van der Waals surface area contributed by atoms with Crippen molar-refractivity contribution in [3.63, 3.8) is 0 Å². The molecule has 0 spiro atoms. The number of amides is 1. The molecule has 29 heavy (non-hydrogen) atoms. The Balaban J connectivity index is 1.79. The van der Waals surface area contributed by atoms with E-state index in [2.05, 4.69) is 21.6 Å². The van der Waals surface area contributed by atoms with Gasteiger partial charge in [0.1, 0.15) is 5.54 Å². The monoisotopic (exact) mass is 409 g/mol. The van der Waals surface area contributed by atoms with Gasteiger partial charge in [0.2, 0.25) is 11.7 Å². The summed E-state index contributed by atoms with van der Waals surface area (Å²) in [6.07, 6.45) is 1.59. The van der Waals surface area contributed by atoms with Crippen LogP contribution in [-0.2, 0) is 11.3 Å². The van der Waals surface area contributed by atoms with Crippen LogP contribution in [0.4, 0.5) is 0 Å². The topological polar surface area (TPSA) is 96.7 Å². The molecule has 1 unspecified atom stereocenters. The van der Waals surface area contributed by atoms with Crippen LogP contribution in [-0.4, -0.2) is 32.0 Å². The van der Waals surface area contributed by atoms with Crippen LogP contribution >= 0.6 is 11.8 Å². The molecular formula is C21H23N5O2S. The third-order valence-corrected chi connectivity index (χ3v) is 5.73. The van der Waals surface area contributed by atoms with Gasteiger partial charge < -0.3 is 9.73 Å². The largest absolute Gasteiger partial charge is 0.461 e. The summed E-state index contributed by atoms with van der Waals surface area (Å²) >= 11 is 1.28. The minimum Gasteiger partial charge on any atom is -0.461 e. The number of rotatable bonds is 8. The second-order valence-corrected chi connectivity index (χ2v) is 8.10. The van der Waals surface area contributed by atoms with E-state index in [1.165, 1.54) is 11.8 Å². The minimum atomic E-state index is -0.908. The van der Waals surface area contributed by atoms with Gasteiger partial charge in [-0.2, -0.15) is 5.26 Å². The molecule has 1 N–H and O–H groups in total. The Morgan fingerprint density at radius 2 is 2.03 bits per heavy atom. The summed E-state index contributed by atoms with van der Waals surface area (Å²) in [5.74, 6) is 1.12. The van der Waals surface area contributed by atoms with E-state index in [1.54, 1.807) is 19.3 Å². The Labute approximate surface area is 174 Å². The van der Waals surface area contributed by atoms with Crippen LogP contribution < -0.4 is 5.32 Å². The highest BCUT2D eigenvalue weighted by molar-refractivity contribution is 7.99. The van der Waals surface area contributed by atoms with Crippen molar-refractivity contribution < 1.29 is 9.21 Å². The van der Waals surface area contributed by atoms with E-state index in [0.717, 1.165) is 5.56 Å². The number of hydrogen-bond acceptors (Lipinski definition) is 6. The van der Waals surface area contributed by atoms with E-state index in [4.69, 9.17) is 4.42 Å². The third kappa shape index (κ3) is 4.87. The lowest BCUT2D eigenvalue weighted by Gasteiger charge is -2.27. The van der Waals surface area contributed by atoms with Gasteiger partial charge in [-0.25, -0.2) is 0 Å². The summed E-state index contributed by atoms with van der Waals surface area (Å²) < 4.78 is 7.42. The van der Waals surface area contributed by atoms with E-state index >= 15 is 0 Å². The number of aromatic nitrogens is 3. The zero-order chi connectivity index (χ0) is 20.9. The first-order valence-corrected chi connectivity index (χ1v) is 10.3. The van der Waals surface area contributed by atoms with Gasteiger partial charge in [0.25, 0.3) is 0 Å². The van der Waals surface area contributed by atoms with Gasteiger partial charge in [0.05, 0.1) is 24.6 Å². The van der Waals surface area contributed by atoms with Gasteiger partial charge in [0, 0.05) is 0 Å². The second-order valence-electron chi connectivity index (χ2n) is 7.16. The van der Waals surface area contributed by atoms with Gasteiger partial charge >= 0.3 is 0 Å². The molecule has 0 aliphatic rings. The number of hydrogen-bond donors (Lipinski definition) is 1. The molecule has 2 heterocycles. The van der Waals surface area contributed by atoms with Crippen molar-refractivity contribution in [2.24, 2.45) is 5.92 Å². The summed E-state index contributed by atoms with van der Waals surface area (Å²) in [7, 11) is 0. The number of furan rings is 1. The van der Waals surface area contributed by atoms with Gasteiger partial charge in [-0.05, 0) is 30.5 Å². The van der Waals surface area contributed by atoms with Crippen molar-refractivity contribution in [2.45, 2.75) is 38.0 Å². The first-order chi connectivity index (χ1) is 13.9. The van der Waals surface area contributed by atoms with E-state index < -0.39 is 5.54 Å². The molecule has 8 heteroatoms. The van der Waals surface area contributed by atoms with Crippen LogP contribution in [0, 0.1) is 17.2 Å². The lowest BCUT2D eigenvalue weighted by molar-refractivity contribution is -0.120. The summed E-state index contributed by atoms with van der Waals surface area (Å²) in [6.45, 7) is 6.09. The summed E-state index contributed by atoms with van der Waals surface area (Å²) in [5.41, 5.74) is 0.178. The van der Waals surface area contributed by atoms with Gasteiger partial charge in [0.15, 0.2) is 10.9 Å². The summed E-state index contributed by atoms with van der Waals surface area (Å²) in [4.78, 5) is 12.4. The molecule has 3 aromatic rings. The number of benzene rings is 1. The SMILES string of the molecule is CC(C)C(C)(C#N)NC(=O)CSc1nnc(-c2ccco2)n1Cc1ccccc1. The fourth-order valence-corrected chi connectivity index (χ4v) is 3.39. The molecule has 0 saturated heterocycles. The van der Waals surface area contributed by atoms with Crippen LogP contribution in [0.3, 0.4) is 0 Å². The zero-order valence-corrected chi connectivity index (χ0v) is 17.4. The standard InChI is InChI=1S/C21H23N5O2S/c1-15(2)21(3,14-22)23-18(27)13-29-20-25-24-19(17-10-7-11-28-17)26(20)12-16-8-5-4-6-9-16/h4-11,15H,12-13H2,1-3H3,(H,23,27). The van der Waals surface area contributed by atoms with E-state index in [0.29, 0.717) is 23.3 Å². The molecule has 0 saturated carbocycles. The van der Waals surface area contributed by atoms with Crippen molar-refractivity contribution in [1.29, 1.82) is 5.26 Å². The Morgan fingerprint density at radius 1 is 1.28 bits per heavy atom. The van der Waals surface area contributed by atoms with Gasteiger partial charge in [-0.1, -0.05) is 55.9 Å². The average molecular weight is 410 g/mol. The Hall–Kier alpha value is -3.05. The first kappa shape index (κ1) is 20.7. The molecule has 0 fully saturated rings. The molecule has 0 radical (unpaired) electrons.